The third-order valence-corrected chi connectivity index (χ3v) is 13.2. The van der Waals surface area contributed by atoms with Crippen LogP contribution in [0.3, 0.4) is 0 Å². The van der Waals surface area contributed by atoms with E-state index in [1.54, 1.807) is 33.4 Å². The molecule has 0 bridgehead atoms. The summed E-state index contributed by atoms with van der Waals surface area (Å²) < 4.78 is 18.9. The van der Waals surface area contributed by atoms with Crippen LogP contribution in [-0.4, -0.2) is 115 Å². The fraction of sp³-hybridized carbons (Fsp3) is 0.465. The smallest absolute Gasteiger partial charge is 0.248 e. The first kappa shape index (κ1) is 45.6. The lowest BCUT2D eigenvalue weighted by Gasteiger charge is -2.31. The molecule has 0 unspecified atom stereocenters. The molecule has 0 spiro atoms. The van der Waals surface area contributed by atoms with Crippen LogP contribution < -0.4 is 15.6 Å². The number of nitrogens with one attached hydrogen (secondary N) is 2. The van der Waals surface area contributed by atoms with Crippen molar-refractivity contribution in [1.82, 2.24) is 30.3 Å². The molecule has 62 heavy (non-hydrogen) atoms. The number of amides is 3. The second kappa shape index (κ2) is 21.3. The number of rotatable bonds is 17. The van der Waals surface area contributed by atoms with E-state index in [0.717, 1.165) is 51.8 Å². The standard InChI is InChI=1S/C43H50Cl3N9O6S/c1-26-27(2)62-43-40(26)41(30-4-6-31(44)7-5-30)48-35(42-51-50-28(3)55(42)43)24-37(56)47-13-17-59-18-19-60-20-21-61-25-39(58)53-14-10-29(11-15-53)22-38(57)49-36-12-16-54(52-36)32-8-9-33(45)34(46)23-32/h4-9,23,29,35H,10-22,24-25H2,1-3H3,(H,47,56)(H,49,52,57)/t35-/m0/s1. The van der Waals surface area contributed by atoms with Gasteiger partial charge in [-0.3, -0.25) is 29.0 Å². The number of aliphatic imine (C=N–C) groups is 1. The number of anilines is 1. The van der Waals surface area contributed by atoms with Gasteiger partial charge >= 0.3 is 0 Å². The average Bonchev–Trinajstić information content (AvgIpc) is 3.94. The molecule has 0 saturated carbocycles. The Morgan fingerprint density at radius 2 is 1.56 bits per heavy atom. The Labute approximate surface area is 379 Å². The third-order valence-electron chi connectivity index (χ3n) is 11.0. The van der Waals surface area contributed by atoms with Gasteiger partial charge in [-0.25, -0.2) is 0 Å². The molecule has 330 valence electrons. The number of fused-ring (bicyclic) bond motifs is 3. The van der Waals surface area contributed by atoms with Crippen molar-refractivity contribution < 1.29 is 28.6 Å². The number of carbonyl (C=O) groups is 3. The highest BCUT2D eigenvalue weighted by molar-refractivity contribution is 7.15. The van der Waals surface area contributed by atoms with Gasteiger partial charge < -0.3 is 29.7 Å². The van der Waals surface area contributed by atoms with E-state index in [1.165, 1.54) is 4.88 Å². The number of nitrogens with zero attached hydrogens (tertiary/aromatic N) is 7. The Morgan fingerprint density at radius 3 is 2.31 bits per heavy atom. The van der Waals surface area contributed by atoms with Crippen LogP contribution in [0.15, 0.2) is 52.6 Å². The van der Waals surface area contributed by atoms with E-state index in [2.05, 4.69) is 39.8 Å². The van der Waals surface area contributed by atoms with E-state index in [1.807, 2.05) is 41.8 Å². The first-order valence-electron chi connectivity index (χ1n) is 20.7. The van der Waals surface area contributed by atoms with Gasteiger partial charge in [0.25, 0.3) is 0 Å². The second-order valence-electron chi connectivity index (χ2n) is 15.3. The third kappa shape index (κ3) is 11.4. The van der Waals surface area contributed by atoms with E-state index in [0.29, 0.717) is 92.2 Å². The minimum absolute atomic E-state index is 0.0271. The summed E-state index contributed by atoms with van der Waals surface area (Å²) in [6, 6.07) is 12.3. The fourth-order valence-corrected chi connectivity index (χ4v) is 9.20. The number of amidine groups is 1. The van der Waals surface area contributed by atoms with Crippen LogP contribution in [0.1, 0.15) is 71.4 Å². The second-order valence-corrected chi connectivity index (χ2v) is 17.8. The molecule has 0 radical (unpaired) electrons. The van der Waals surface area contributed by atoms with Crippen LogP contribution in [0, 0.1) is 26.7 Å². The molecule has 3 amide bonds. The summed E-state index contributed by atoms with van der Waals surface area (Å²) in [5.41, 5.74) is 4.66. The minimum Gasteiger partial charge on any atom is -0.377 e. The van der Waals surface area contributed by atoms with Crippen molar-refractivity contribution in [3.63, 3.8) is 0 Å². The Bertz CT molecular complexity index is 2310. The first-order chi connectivity index (χ1) is 29.9. The lowest BCUT2D eigenvalue weighted by molar-refractivity contribution is -0.138. The number of hydrazone groups is 1. The maximum absolute atomic E-state index is 13.2. The number of piperidine rings is 1. The predicted octanol–water partition coefficient (Wildman–Crippen LogP) is 6.63. The van der Waals surface area contributed by atoms with Crippen LogP contribution >= 0.6 is 46.1 Å². The normalized spacial score (nSPS) is 16.4. The number of aryl methyl sites for hydroxylation is 2. The molecule has 5 heterocycles. The molecule has 15 nitrogen and oxygen atoms in total. The summed E-state index contributed by atoms with van der Waals surface area (Å²) in [4.78, 5) is 46.8. The number of thiophene rings is 1. The van der Waals surface area contributed by atoms with Crippen molar-refractivity contribution in [2.75, 3.05) is 70.8 Å². The highest BCUT2D eigenvalue weighted by Crippen LogP contribution is 2.39. The van der Waals surface area contributed by atoms with Gasteiger partial charge in [0.05, 0.1) is 60.9 Å². The Morgan fingerprint density at radius 1 is 0.839 bits per heavy atom. The van der Waals surface area contributed by atoms with Gasteiger partial charge in [-0.1, -0.05) is 46.9 Å². The number of halogens is 3. The summed E-state index contributed by atoms with van der Waals surface area (Å²) in [5, 5.41) is 23.6. The van der Waals surface area contributed by atoms with E-state index in [-0.39, 0.29) is 43.3 Å². The van der Waals surface area contributed by atoms with Crippen LogP contribution in [0.4, 0.5) is 5.69 Å². The average molecular weight is 927 g/mol. The monoisotopic (exact) mass is 925 g/mol. The number of hydrogen-bond acceptors (Lipinski definition) is 12. The summed E-state index contributed by atoms with van der Waals surface area (Å²) in [6.07, 6.45) is 2.58. The number of likely N-dealkylation sites (tertiary alicyclic amines) is 1. The first-order valence-corrected chi connectivity index (χ1v) is 22.6. The van der Waals surface area contributed by atoms with Gasteiger partial charge in [-0.2, -0.15) is 5.10 Å². The topological polar surface area (TPSA) is 165 Å². The molecule has 0 aliphatic carbocycles. The minimum atomic E-state index is -0.555. The Kier molecular flexibility index (Phi) is 15.7. The summed E-state index contributed by atoms with van der Waals surface area (Å²) in [7, 11) is 0. The SMILES string of the molecule is Cc1sc2c(c1C)C(c1ccc(Cl)cc1)=N[C@@H](CC(=O)NCCOCCOCCOCC(=O)N1CCC(CC(=O)NC3=NN(c4ccc(Cl)c(Cl)c4)CC3)CC1)c1nnc(C)n1-2. The fourth-order valence-electron chi connectivity index (χ4n) is 7.57. The number of ether oxygens (including phenoxy) is 3. The van der Waals surface area contributed by atoms with Gasteiger partial charge in [0.2, 0.25) is 17.7 Å². The van der Waals surface area contributed by atoms with Crippen molar-refractivity contribution in [2.24, 2.45) is 16.0 Å². The molecule has 4 aromatic rings. The number of benzene rings is 2. The molecule has 2 aromatic heterocycles. The summed E-state index contributed by atoms with van der Waals surface area (Å²) >= 11 is 20.1. The summed E-state index contributed by atoms with van der Waals surface area (Å²) in [5.74, 6) is 1.84. The number of carbonyl (C=O) groups excluding carboxylic acids is 3. The zero-order chi connectivity index (χ0) is 43.8. The van der Waals surface area contributed by atoms with E-state index < -0.39 is 6.04 Å². The van der Waals surface area contributed by atoms with E-state index in [4.69, 9.17) is 54.0 Å². The molecule has 2 N–H and O–H groups in total. The maximum Gasteiger partial charge on any atom is 0.248 e. The van der Waals surface area contributed by atoms with Crippen molar-refractivity contribution in [3.05, 3.63) is 90.7 Å². The molecule has 19 heteroatoms. The molecular weight excluding hydrogens is 877 g/mol. The van der Waals surface area contributed by atoms with Gasteiger partial charge in [-0.05, 0) is 75.4 Å². The predicted molar refractivity (Wildman–Crippen MR) is 241 cm³/mol. The highest BCUT2D eigenvalue weighted by Gasteiger charge is 2.33. The zero-order valence-corrected chi connectivity index (χ0v) is 38.0. The maximum atomic E-state index is 13.2. The molecular formula is C43H50Cl3N9O6S. The van der Waals surface area contributed by atoms with Gasteiger partial charge in [0.1, 0.15) is 29.3 Å². The lowest BCUT2D eigenvalue weighted by atomic mass is 9.93. The van der Waals surface area contributed by atoms with Gasteiger partial charge in [0.15, 0.2) is 5.82 Å². The van der Waals surface area contributed by atoms with E-state index >= 15 is 0 Å². The van der Waals surface area contributed by atoms with Crippen molar-refractivity contribution >= 4 is 81.1 Å². The van der Waals surface area contributed by atoms with E-state index in [9.17, 15) is 14.4 Å². The van der Waals surface area contributed by atoms with Crippen LogP contribution in [0.25, 0.3) is 5.00 Å². The Hall–Kier alpha value is -4.42. The number of aromatic nitrogens is 3. The highest BCUT2D eigenvalue weighted by atomic mass is 35.5. The number of hydrogen-bond donors (Lipinski definition) is 2. The lowest BCUT2D eigenvalue weighted by Crippen LogP contribution is -2.41. The zero-order valence-electron chi connectivity index (χ0n) is 34.9. The van der Waals surface area contributed by atoms with Crippen molar-refractivity contribution in [2.45, 2.75) is 58.9 Å². The molecule has 7 rings (SSSR count). The largest absolute Gasteiger partial charge is 0.377 e. The molecule has 1 fully saturated rings. The molecule has 3 aliphatic heterocycles. The molecule has 3 aliphatic rings. The molecule has 1 saturated heterocycles. The quantitative estimate of drug-likeness (QED) is 0.111. The van der Waals surface area contributed by atoms with Gasteiger partial charge in [0, 0.05) is 60.0 Å². The molecule has 1 atom stereocenters. The van der Waals surface area contributed by atoms with Crippen LogP contribution in [0.5, 0.6) is 0 Å². The van der Waals surface area contributed by atoms with Gasteiger partial charge in [-0.15, -0.1) is 21.5 Å². The summed E-state index contributed by atoms with van der Waals surface area (Å²) in [6.45, 7) is 9.77. The molecule has 2 aromatic carbocycles. The van der Waals surface area contributed by atoms with Crippen molar-refractivity contribution in [3.8, 4) is 5.00 Å². The van der Waals surface area contributed by atoms with Crippen LogP contribution in [0.2, 0.25) is 15.1 Å². The van der Waals surface area contributed by atoms with Crippen LogP contribution in [-0.2, 0) is 28.6 Å². The van der Waals surface area contributed by atoms with Crippen molar-refractivity contribution in [1.29, 1.82) is 0 Å². The Balaban J connectivity index is 0.742.